The molecule has 0 spiro atoms. The number of benzene rings is 1. The molecule has 0 aromatic heterocycles. The van der Waals surface area contributed by atoms with E-state index >= 15 is 0 Å². The summed E-state index contributed by atoms with van der Waals surface area (Å²) in [5, 5.41) is 3.59. The van der Waals surface area contributed by atoms with Crippen molar-refractivity contribution >= 4 is 10.0 Å². The first-order chi connectivity index (χ1) is 6.73. The summed E-state index contributed by atoms with van der Waals surface area (Å²) in [4.78, 5) is 0. The summed E-state index contributed by atoms with van der Waals surface area (Å²) in [5.41, 5.74) is -0.126. The number of sulfonamides is 1. The highest BCUT2D eigenvalue weighted by atomic mass is 32.2. The summed E-state index contributed by atoms with van der Waals surface area (Å²) in [5.74, 6) is -1.42. The van der Waals surface area contributed by atoms with Crippen LogP contribution in [0.25, 0.3) is 0 Å². The highest BCUT2D eigenvalue weighted by Crippen LogP contribution is 2.24. The fourth-order valence-corrected chi connectivity index (χ4v) is 1.68. The molecule has 0 saturated carbocycles. The Kier molecular flexibility index (Phi) is 3.11. The van der Waals surface area contributed by atoms with E-state index in [4.69, 9.17) is 5.14 Å². The largest absolute Gasteiger partial charge is 0.228 e. The molecule has 1 aromatic carbocycles. The minimum Gasteiger partial charge on any atom is -0.228 e. The normalized spacial score (nSPS) is 13.9. The van der Waals surface area contributed by atoms with Crippen LogP contribution in [-0.4, -0.2) is 8.42 Å². The molecule has 0 aliphatic heterocycles. The number of rotatable bonds is 2. The molecule has 84 valence electrons. The van der Waals surface area contributed by atoms with Crippen LogP contribution in [0.4, 0.5) is 8.78 Å². The third kappa shape index (κ3) is 2.51. The number of nitrogens with two attached hydrogens (primary N) is 1. The van der Waals surface area contributed by atoms with Gasteiger partial charge in [0.25, 0.3) is 0 Å². The lowest BCUT2D eigenvalue weighted by Crippen LogP contribution is -2.20. The van der Waals surface area contributed by atoms with Crippen LogP contribution in [0.15, 0.2) is 12.1 Å². The minimum absolute atomic E-state index is 0.123. The molecule has 15 heavy (non-hydrogen) atoms. The van der Waals surface area contributed by atoms with Gasteiger partial charge in [-0.05, 0) is 31.5 Å². The Balaban J connectivity index is 3.33. The predicted molar refractivity (Wildman–Crippen MR) is 52.6 cm³/mol. The van der Waals surface area contributed by atoms with Gasteiger partial charge < -0.3 is 0 Å². The van der Waals surface area contributed by atoms with E-state index in [0.29, 0.717) is 0 Å². The van der Waals surface area contributed by atoms with Gasteiger partial charge in [0, 0.05) is 5.56 Å². The lowest BCUT2D eigenvalue weighted by molar-refractivity contribution is 0.563. The Morgan fingerprint density at radius 1 is 1.27 bits per heavy atom. The van der Waals surface area contributed by atoms with Gasteiger partial charge in [0.1, 0.15) is 16.9 Å². The molecule has 3 nitrogen and oxygen atoms in total. The number of primary sulfonamides is 1. The highest BCUT2D eigenvalue weighted by molar-refractivity contribution is 7.89. The number of aryl methyl sites for hydroxylation is 1. The van der Waals surface area contributed by atoms with E-state index in [1.807, 2.05) is 0 Å². The highest BCUT2D eigenvalue weighted by Gasteiger charge is 2.22. The van der Waals surface area contributed by atoms with E-state index in [1.54, 1.807) is 0 Å². The van der Waals surface area contributed by atoms with Crippen LogP contribution < -0.4 is 5.14 Å². The monoisotopic (exact) mass is 235 g/mol. The van der Waals surface area contributed by atoms with Crippen LogP contribution in [-0.2, 0) is 10.0 Å². The average molecular weight is 235 g/mol. The molecule has 0 radical (unpaired) electrons. The zero-order valence-corrected chi connectivity index (χ0v) is 9.11. The lowest BCUT2D eigenvalue weighted by Gasteiger charge is -2.11. The molecule has 1 rings (SSSR count). The van der Waals surface area contributed by atoms with Gasteiger partial charge >= 0.3 is 0 Å². The maximum absolute atomic E-state index is 13.3. The fraction of sp³-hybridized carbons (Fsp3) is 0.333. The third-order valence-corrected chi connectivity index (χ3v) is 3.45. The van der Waals surface area contributed by atoms with Crippen LogP contribution in [0, 0.1) is 18.6 Å². The van der Waals surface area contributed by atoms with Crippen LogP contribution >= 0.6 is 0 Å². The Hall–Kier alpha value is -1.01. The first-order valence-corrected chi connectivity index (χ1v) is 5.81. The third-order valence-electron chi connectivity index (χ3n) is 2.21. The van der Waals surface area contributed by atoms with Crippen molar-refractivity contribution in [3.63, 3.8) is 0 Å². The second kappa shape index (κ2) is 3.86. The Bertz CT molecular complexity index is 485. The van der Waals surface area contributed by atoms with E-state index in [2.05, 4.69) is 0 Å². The van der Waals surface area contributed by atoms with E-state index in [1.165, 1.54) is 13.8 Å². The van der Waals surface area contributed by atoms with Gasteiger partial charge in [-0.3, -0.25) is 0 Å². The molecule has 6 heteroatoms. The van der Waals surface area contributed by atoms with Crippen LogP contribution in [0.2, 0.25) is 0 Å². The Morgan fingerprint density at radius 3 is 2.27 bits per heavy atom. The van der Waals surface area contributed by atoms with Crippen LogP contribution in [0.1, 0.15) is 23.3 Å². The first-order valence-electron chi connectivity index (χ1n) is 4.20. The zero-order chi connectivity index (χ0) is 11.8. The maximum Gasteiger partial charge on any atom is 0.215 e. The Labute approximate surface area is 87.0 Å². The average Bonchev–Trinajstić information content (AvgIpc) is 2.08. The molecular formula is C9H11F2NO2S. The molecule has 1 atom stereocenters. The van der Waals surface area contributed by atoms with E-state index < -0.39 is 26.9 Å². The van der Waals surface area contributed by atoms with Crippen molar-refractivity contribution in [3.05, 3.63) is 34.9 Å². The molecule has 0 fully saturated rings. The van der Waals surface area contributed by atoms with Crippen molar-refractivity contribution in [2.45, 2.75) is 19.1 Å². The van der Waals surface area contributed by atoms with Gasteiger partial charge in [-0.1, -0.05) is 0 Å². The number of halogens is 2. The van der Waals surface area contributed by atoms with Crippen LogP contribution in [0.3, 0.4) is 0 Å². The standard InChI is InChI=1S/C9H11F2NO2S/c1-5-3-9(11)7(4-8(5)10)6(2)15(12,13)14/h3-4,6H,1-2H3,(H2,12,13,14). The van der Waals surface area contributed by atoms with Gasteiger partial charge in [0.15, 0.2) is 0 Å². The van der Waals surface area contributed by atoms with Crippen molar-refractivity contribution in [2.24, 2.45) is 5.14 Å². The molecule has 0 bridgehead atoms. The predicted octanol–water partition coefficient (Wildman–Crippen LogP) is 1.62. The molecule has 0 aliphatic rings. The smallest absolute Gasteiger partial charge is 0.215 e. The van der Waals surface area contributed by atoms with Crippen molar-refractivity contribution in [1.29, 1.82) is 0 Å². The molecule has 2 N–H and O–H groups in total. The summed E-state index contributed by atoms with van der Waals surface area (Å²) in [6.07, 6.45) is 0. The summed E-state index contributed by atoms with van der Waals surface area (Å²) in [7, 11) is -3.91. The fourth-order valence-electron chi connectivity index (χ4n) is 1.15. The van der Waals surface area contributed by atoms with Gasteiger partial charge in [0.05, 0.1) is 0 Å². The van der Waals surface area contributed by atoms with Gasteiger partial charge in [-0.25, -0.2) is 22.3 Å². The molecule has 1 aromatic rings. The number of hydrogen-bond acceptors (Lipinski definition) is 2. The summed E-state index contributed by atoms with van der Waals surface area (Å²) < 4.78 is 48.4. The second-order valence-electron chi connectivity index (χ2n) is 3.35. The second-order valence-corrected chi connectivity index (χ2v) is 5.24. The quantitative estimate of drug-likeness (QED) is 0.846. The van der Waals surface area contributed by atoms with Crippen molar-refractivity contribution in [1.82, 2.24) is 0 Å². The molecule has 0 saturated heterocycles. The Morgan fingerprint density at radius 2 is 1.80 bits per heavy atom. The lowest BCUT2D eigenvalue weighted by atomic mass is 10.1. The van der Waals surface area contributed by atoms with Crippen molar-refractivity contribution in [3.8, 4) is 0 Å². The molecule has 0 amide bonds. The first kappa shape index (κ1) is 12.1. The van der Waals surface area contributed by atoms with Gasteiger partial charge in [-0.2, -0.15) is 0 Å². The van der Waals surface area contributed by atoms with E-state index in [-0.39, 0.29) is 11.1 Å². The minimum atomic E-state index is -3.91. The SMILES string of the molecule is Cc1cc(F)c(C(C)S(N)(=O)=O)cc1F. The topological polar surface area (TPSA) is 60.2 Å². The summed E-state index contributed by atoms with van der Waals surface area (Å²) >= 11 is 0. The zero-order valence-electron chi connectivity index (χ0n) is 8.29. The van der Waals surface area contributed by atoms with E-state index in [0.717, 1.165) is 12.1 Å². The molecular weight excluding hydrogens is 224 g/mol. The van der Waals surface area contributed by atoms with Crippen LogP contribution in [0.5, 0.6) is 0 Å². The van der Waals surface area contributed by atoms with Crippen molar-refractivity contribution < 1.29 is 17.2 Å². The molecule has 0 heterocycles. The van der Waals surface area contributed by atoms with Gasteiger partial charge in [-0.15, -0.1) is 0 Å². The molecule has 1 unspecified atom stereocenters. The summed E-state index contributed by atoms with van der Waals surface area (Å²) in [6.45, 7) is 2.60. The number of hydrogen-bond donors (Lipinski definition) is 1. The molecule has 0 aliphatic carbocycles. The van der Waals surface area contributed by atoms with Gasteiger partial charge in [0.2, 0.25) is 10.0 Å². The summed E-state index contributed by atoms with van der Waals surface area (Å²) in [6, 6.07) is 1.81. The maximum atomic E-state index is 13.3. The van der Waals surface area contributed by atoms with Crippen molar-refractivity contribution in [2.75, 3.05) is 0 Å². The van der Waals surface area contributed by atoms with E-state index in [9.17, 15) is 17.2 Å².